The minimum Gasteiger partial charge on any atom is -0.435 e. The number of nitrogens with two attached hydrogens (primary N) is 1. The highest BCUT2D eigenvalue weighted by molar-refractivity contribution is 6.09. The summed E-state index contributed by atoms with van der Waals surface area (Å²) < 4.78 is 41.6. The lowest BCUT2D eigenvalue weighted by molar-refractivity contribution is -0.129. The second-order valence-corrected chi connectivity index (χ2v) is 6.45. The molecule has 0 saturated heterocycles. The van der Waals surface area contributed by atoms with Gasteiger partial charge in [-0.15, -0.1) is 0 Å². The number of ether oxygens (including phenoxy) is 1. The maximum atomic E-state index is 13.2. The van der Waals surface area contributed by atoms with E-state index in [1.54, 1.807) is 30.4 Å². The Morgan fingerprint density at radius 3 is 2.52 bits per heavy atom. The van der Waals surface area contributed by atoms with Crippen LogP contribution in [0.25, 0.3) is 6.08 Å². The fourth-order valence-corrected chi connectivity index (χ4v) is 3.21. The SMILES string of the molecule is CN1C(=O)C(c2ccc(OC(F)F)cc2)(c2cccc(/C=C/CCF)c2)N=C1N. The standard InChI is InChI=1S/C21H20F3N3O2/c1-27-18(28)21(26-20(27)25,15-8-10-17(11-9-15)29-19(23)24)16-7-4-6-14(13-16)5-2-3-12-22/h2,4-11,13,19H,3,12H2,1H3,(H2,25,26)/b5-2+. The van der Waals surface area contributed by atoms with Crippen molar-refractivity contribution >= 4 is 17.9 Å². The number of benzene rings is 2. The molecule has 8 heteroatoms. The van der Waals surface area contributed by atoms with E-state index in [9.17, 15) is 18.0 Å². The van der Waals surface area contributed by atoms with Crippen LogP contribution in [0.4, 0.5) is 13.2 Å². The topological polar surface area (TPSA) is 67.9 Å². The molecule has 0 aliphatic carbocycles. The van der Waals surface area contributed by atoms with Gasteiger partial charge in [0.15, 0.2) is 11.5 Å². The number of amides is 1. The summed E-state index contributed by atoms with van der Waals surface area (Å²) in [5, 5.41) is 0. The van der Waals surface area contributed by atoms with Crippen LogP contribution in [-0.4, -0.2) is 37.1 Å². The number of allylic oxidation sites excluding steroid dienone is 1. The molecule has 0 spiro atoms. The largest absolute Gasteiger partial charge is 0.435 e. The van der Waals surface area contributed by atoms with Gasteiger partial charge in [-0.3, -0.25) is 14.1 Å². The van der Waals surface area contributed by atoms with Crippen LogP contribution in [0.15, 0.2) is 59.6 Å². The van der Waals surface area contributed by atoms with Gasteiger partial charge in [0.05, 0.1) is 6.67 Å². The maximum Gasteiger partial charge on any atom is 0.387 e. The molecule has 0 saturated carbocycles. The van der Waals surface area contributed by atoms with Crippen LogP contribution in [-0.2, 0) is 10.3 Å². The minimum absolute atomic E-state index is 0.0300. The Morgan fingerprint density at radius 1 is 1.21 bits per heavy atom. The summed E-state index contributed by atoms with van der Waals surface area (Å²) in [4.78, 5) is 18.9. The Kier molecular flexibility index (Phi) is 5.91. The van der Waals surface area contributed by atoms with Crippen LogP contribution < -0.4 is 10.5 Å². The van der Waals surface area contributed by atoms with Crippen molar-refractivity contribution < 1.29 is 22.7 Å². The van der Waals surface area contributed by atoms with Gasteiger partial charge in [-0.2, -0.15) is 8.78 Å². The van der Waals surface area contributed by atoms with Gasteiger partial charge in [-0.1, -0.05) is 42.5 Å². The lowest BCUT2D eigenvalue weighted by atomic mass is 9.82. The van der Waals surface area contributed by atoms with Gasteiger partial charge in [0, 0.05) is 7.05 Å². The number of hydrogen-bond acceptors (Lipinski definition) is 4. The zero-order valence-corrected chi connectivity index (χ0v) is 15.7. The van der Waals surface area contributed by atoms with Crippen molar-refractivity contribution in [1.82, 2.24) is 4.90 Å². The van der Waals surface area contributed by atoms with Crippen molar-refractivity contribution in [3.05, 3.63) is 71.3 Å². The monoisotopic (exact) mass is 403 g/mol. The molecule has 29 heavy (non-hydrogen) atoms. The van der Waals surface area contributed by atoms with Gasteiger partial charge in [0.1, 0.15) is 5.75 Å². The molecule has 2 N–H and O–H groups in total. The third kappa shape index (κ3) is 3.96. The van der Waals surface area contributed by atoms with Gasteiger partial charge < -0.3 is 10.5 Å². The molecule has 1 heterocycles. The number of halogens is 3. The van der Waals surface area contributed by atoms with Gasteiger partial charge in [0.2, 0.25) is 0 Å². The highest BCUT2D eigenvalue weighted by Crippen LogP contribution is 2.40. The summed E-state index contributed by atoms with van der Waals surface area (Å²) in [5.74, 6) is -0.360. The zero-order valence-electron chi connectivity index (χ0n) is 15.7. The number of nitrogens with zero attached hydrogens (tertiary/aromatic N) is 2. The van der Waals surface area contributed by atoms with Gasteiger partial charge in [0.25, 0.3) is 5.91 Å². The summed E-state index contributed by atoms with van der Waals surface area (Å²) in [6.07, 6.45) is 3.74. The number of hydrogen-bond donors (Lipinski definition) is 1. The van der Waals surface area contributed by atoms with E-state index in [0.29, 0.717) is 11.1 Å². The Morgan fingerprint density at radius 2 is 1.93 bits per heavy atom. The number of rotatable bonds is 7. The molecule has 5 nitrogen and oxygen atoms in total. The summed E-state index contributed by atoms with van der Waals surface area (Å²) in [6.45, 7) is -3.41. The number of alkyl halides is 3. The quantitative estimate of drug-likeness (QED) is 0.767. The Hall–Kier alpha value is -3.29. The summed E-state index contributed by atoms with van der Waals surface area (Å²) in [5.41, 5.74) is 6.26. The second kappa shape index (κ2) is 8.38. The van der Waals surface area contributed by atoms with Gasteiger partial charge >= 0.3 is 6.61 Å². The predicted molar refractivity (Wildman–Crippen MR) is 104 cm³/mol. The molecule has 0 fully saturated rings. The molecule has 1 atom stereocenters. The fraction of sp³-hybridized carbons (Fsp3) is 0.238. The number of carbonyl (C=O) groups excluding carboxylic acids is 1. The zero-order chi connectivity index (χ0) is 21.0. The van der Waals surface area contributed by atoms with Crippen molar-refractivity contribution in [2.75, 3.05) is 13.7 Å². The molecular formula is C21H20F3N3O2. The first-order valence-corrected chi connectivity index (χ1v) is 8.90. The highest BCUT2D eigenvalue weighted by Gasteiger charge is 2.49. The molecule has 2 aromatic carbocycles. The van der Waals surface area contributed by atoms with E-state index in [1.807, 2.05) is 6.07 Å². The summed E-state index contributed by atoms with van der Waals surface area (Å²) in [7, 11) is 1.52. The molecule has 1 unspecified atom stereocenters. The number of carbonyl (C=O) groups is 1. The normalized spacial score (nSPS) is 19.3. The fourth-order valence-electron chi connectivity index (χ4n) is 3.21. The average Bonchev–Trinajstić information content (AvgIpc) is 2.93. The number of likely N-dealkylation sites (N-methyl/N-ethyl adjacent to an activating group) is 1. The van der Waals surface area contributed by atoms with Gasteiger partial charge in [-0.25, -0.2) is 4.99 Å². The van der Waals surface area contributed by atoms with Gasteiger partial charge in [-0.05, 0) is 41.3 Å². The first kappa shape index (κ1) is 20.4. The molecule has 0 radical (unpaired) electrons. The van der Waals surface area contributed by atoms with Crippen LogP contribution in [0.3, 0.4) is 0 Å². The van der Waals surface area contributed by atoms with Crippen molar-refractivity contribution in [1.29, 1.82) is 0 Å². The van der Waals surface area contributed by atoms with Crippen LogP contribution in [0.5, 0.6) is 5.75 Å². The van der Waals surface area contributed by atoms with E-state index in [1.165, 1.54) is 36.2 Å². The van der Waals surface area contributed by atoms with Crippen LogP contribution in [0.2, 0.25) is 0 Å². The molecule has 1 amide bonds. The second-order valence-electron chi connectivity index (χ2n) is 6.45. The van der Waals surface area contributed by atoms with E-state index in [2.05, 4.69) is 9.73 Å². The smallest absolute Gasteiger partial charge is 0.387 e. The number of guanidine groups is 1. The Labute approximate surface area is 166 Å². The third-order valence-corrected chi connectivity index (χ3v) is 4.63. The molecule has 0 bridgehead atoms. The highest BCUT2D eigenvalue weighted by atomic mass is 19.3. The maximum absolute atomic E-state index is 13.2. The molecule has 0 aromatic heterocycles. The van der Waals surface area contributed by atoms with E-state index in [-0.39, 0.29) is 24.0 Å². The lowest BCUT2D eigenvalue weighted by Gasteiger charge is -2.26. The Balaban J connectivity index is 2.09. The van der Waals surface area contributed by atoms with Crippen molar-refractivity contribution in [2.24, 2.45) is 10.7 Å². The first-order chi connectivity index (χ1) is 13.9. The Bertz CT molecular complexity index is 944. The van der Waals surface area contributed by atoms with Crippen LogP contribution in [0, 0.1) is 0 Å². The third-order valence-electron chi connectivity index (χ3n) is 4.63. The molecule has 2 aromatic rings. The van der Waals surface area contributed by atoms with Crippen molar-refractivity contribution in [3.63, 3.8) is 0 Å². The molecule has 1 aliphatic heterocycles. The predicted octanol–water partition coefficient (Wildman–Crippen LogP) is 3.69. The first-order valence-electron chi connectivity index (χ1n) is 8.90. The summed E-state index contributed by atoms with van der Waals surface area (Å²) in [6, 6.07) is 12.8. The van der Waals surface area contributed by atoms with Crippen molar-refractivity contribution in [2.45, 2.75) is 18.6 Å². The van der Waals surface area contributed by atoms with Crippen LogP contribution >= 0.6 is 0 Å². The van der Waals surface area contributed by atoms with Crippen LogP contribution in [0.1, 0.15) is 23.1 Å². The van der Waals surface area contributed by atoms with E-state index in [4.69, 9.17) is 5.73 Å². The lowest BCUT2D eigenvalue weighted by Crippen LogP contribution is -2.41. The minimum atomic E-state index is -2.95. The summed E-state index contributed by atoms with van der Waals surface area (Å²) >= 11 is 0. The van der Waals surface area contributed by atoms with E-state index < -0.39 is 18.8 Å². The average molecular weight is 403 g/mol. The van der Waals surface area contributed by atoms with E-state index in [0.717, 1.165) is 5.56 Å². The molecule has 1 aliphatic rings. The van der Waals surface area contributed by atoms with E-state index >= 15 is 0 Å². The number of aliphatic imine (C=N–C) groups is 1. The molecule has 152 valence electrons. The van der Waals surface area contributed by atoms with Crippen molar-refractivity contribution in [3.8, 4) is 5.75 Å². The molecule has 3 rings (SSSR count). The molecular weight excluding hydrogens is 383 g/mol.